The van der Waals surface area contributed by atoms with Crippen molar-refractivity contribution in [2.24, 2.45) is 0 Å². The molecule has 0 saturated heterocycles. The van der Waals surface area contributed by atoms with Crippen molar-refractivity contribution in [2.45, 2.75) is 200 Å². The molecule has 0 spiro atoms. The van der Waals surface area contributed by atoms with Crippen molar-refractivity contribution in [2.75, 3.05) is 0 Å². The number of rotatable bonds is 29. The van der Waals surface area contributed by atoms with Gasteiger partial charge < -0.3 is 0 Å². The first-order chi connectivity index (χ1) is 16.4. The second-order valence-corrected chi connectivity index (χ2v) is 10.9. The van der Waals surface area contributed by atoms with Crippen LogP contribution in [0.25, 0.3) is 0 Å². The van der Waals surface area contributed by atoms with Gasteiger partial charge in [0.25, 0.3) is 0 Å². The summed E-state index contributed by atoms with van der Waals surface area (Å²) in [4.78, 5) is 0. The van der Waals surface area contributed by atoms with Crippen LogP contribution >= 0.6 is 0 Å². The first-order valence-corrected chi connectivity index (χ1v) is 16.1. The van der Waals surface area contributed by atoms with E-state index in [0.29, 0.717) is 0 Å². The second-order valence-electron chi connectivity index (χ2n) is 10.9. The van der Waals surface area contributed by atoms with Gasteiger partial charge in [-0.1, -0.05) is 187 Å². The van der Waals surface area contributed by atoms with E-state index in [0.717, 1.165) is 0 Å². The van der Waals surface area contributed by atoms with Crippen molar-refractivity contribution >= 4 is 0 Å². The molecule has 0 aromatic rings. The number of unbranched alkanes of at least 4 members (excludes halogenated alkanes) is 27. The highest BCUT2D eigenvalue weighted by Gasteiger charge is 1.95. The normalized spacial score (nSPS) is 11.7. The fourth-order valence-corrected chi connectivity index (χ4v) is 4.97. The summed E-state index contributed by atoms with van der Waals surface area (Å²) in [5, 5.41) is 0. The summed E-state index contributed by atoms with van der Waals surface area (Å²) in [6.07, 6.45) is 46.9. The molecule has 0 radical (unpaired) electrons. The van der Waals surface area contributed by atoms with Crippen LogP contribution in [0.2, 0.25) is 0 Å². The van der Waals surface area contributed by atoms with E-state index in [9.17, 15) is 0 Å². The van der Waals surface area contributed by atoms with Gasteiger partial charge in [0.1, 0.15) is 0 Å². The van der Waals surface area contributed by atoms with Gasteiger partial charge in [-0.2, -0.15) is 0 Å². The van der Waals surface area contributed by atoms with E-state index in [-0.39, 0.29) is 0 Å². The summed E-state index contributed by atoms with van der Waals surface area (Å²) in [6, 6.07) is 0. The molecule has 0 aliphatic carbocycles. The van der Waals surface area contributed by atoms with Crippen LogP contribution in [0.15, 0.2) is 12.2 Å². The summed E-state index contributed by atoms with van der Waals surface area (Å²) in [7, 11) is 0. The van der Waals surface area contributed by atoms with E-state index >= 15 is 0 Å². The Hall–Kier alpha value is -0.260. The molecule has 0 aromatic heterocycles. The smallest absolute Gasteiger partial charge is 0.0351 e. The molecule has 0 bridgehead atoms. The highest BCUT2D eigenvalue weighted by atomic mass is 14.0. The average Bonchev–Trinajstić information content (AvgIpc) is 2.83. The Bertz CT molecular complexity index is 342. The van der Waals surface area contributed by atoms with E-state index in [1.807, 2.05) is 0 Å². The van der Waals surface area contributed by atoms with Crippen molar-refractivity contribution in [3.05, 3.63) is 12.2 Å². The predicted molar refractivity (Wildman–Crippen MR) is 154 cm³/mol. The molecule has 0 amide bonds. The first kappa shape index (κ1) is 32.7. The van der Waals surface area contributed by atoms with Crippen molar-refractivity contribution < 1.29 is 0 Å². The molecule has 0 rings (SSSR count). The van der Waals surface area contributed by atoms with Crippen LogP contribution < -0.4 is 0 Å². The lowest BCUT2D eigenvalue weighted by Crippen LogP contribution is -1.83. The van der Waals surface area contributed by atoms with Crippen molar-refractivity contribution in [3.8, 4) is 0 Å². The van der Waals surface area contributed by atoms with Crippen LogP contribution in [0.5, 0.6) is 0 Å². The molecule has 0 atom stereocenters. The number of allylic oxidation sites excluding steroid dienone is 2. The summed E-state index contributed by atoms with van der Waals surface area (Å²) in [5.74, 6) is 0. The third kappa shape index (κ3) is 31.7. The van der Waals surface area contributed by atoms with Crippen molar-refractivity contribution in [1.82, 2.24) is 0 Å². The van der Waals surface area contributed by atoms with Gasteiger partial charge in [0, 0.05) is 0 Å². The number of hydrogen-bond donors (Lipinski definition) is 0. The molecule has 0 nitrogen and oxygen atoms in total. The van der Waals surface area contributed by atoms with Gasteiger partial charge in [0.2, 0.25) is 0 Å². The largest absolute Gasteiger partial charge is 0.0885 e. The maximum absolute atomic E-state index is 2.46. The van der Waals surface area contributed by atoms with Crippen molar-refractivity contribution in [1.29, 1.82) is 0 Å². The van der Waals surface area contributed by atoms with Crippen molar-refractivity contribution in [3.63, 3.8) is 0 Å². The van der Waals surface area contributed by atoms with Crippen LogP contribution in [0.4, 0.5) is 0 Å². The Balaban J connectivity index is 3.06. The maximum atomic E-state index is 2.46. The Morgan fingerprint density at radius 1 is 0.242 bits per heavy atom. The first-order valence-electron chi connectivity index (χ1n) is 16.1. The maximum Gasteiger partial charge on any atom is -0.0351 e. The van der Waals surface area contributed by atoms with Crippen LogP contribution in [-0.2, 0) is 0 Å². The molecule has 0 aliphatic heterocycles. The molecular formula is C33H66. The van der Waals surface area contributed by atoms with Gasteiger partial charge >= 0.3 is 0 Å². The van der Waals surface area contributed by atoms with E-state index < -0.39 is 0 Å². The minimum absolute atomic E-state index is 1.31. The van der Waals surface area contributed by atoms with Crippen LogP contribution in [0, 0.1) is 0 Å². The zero-order valence-corrected chi connectivity index (χ0v) is 23.7. The third-order valence-electron chi connectivity index (χ3n) is 7.37. The lowest BCUT2D eigenvalue weighted by Gasteiger charge is -2.03. The van der Waals surface area contributed by atoms with E-state index in [2.05, 4.69) is 26.0 Å². The van der Waals surface area contributed by atoms with E-state index in [1.165, 1.54) is 186 Å². The van der Waals surface area contributed by atoms with Gasteiger partial charge in [-0.3, -0.25) is 0 Å². The molecule has 0 fully saturated rings. The Morgan fingerprint density at radius 2 is 0.424 bits per heavy atom. The lowest BCUT2D eigenvalue weighted by atomic mass is 10.0. The standard InChI is InChI=1S/C33H66/c1-3-5-7-9-11-13-15-17-19-21-23-25-27-29-31-33-32-30-28-26-24-22-20-18-16-14-12-10-8-6-4-2/h25,27H,3-24,26,28-33H2,1-2H3. The third-order valence-corrected chi connectivity index (χ3v) is 7.37. The topological polar surface area (TPSA) is 0 Å². The predicted octanol–water partition coefficient (Wildman–Crippen LogP) is 12.9. The molecule has 198 valence electrons. The van der Waals surface area contributed by atoms with Gasteiger partial charge in [-0.05, 0) is 25.7 Å². The van der Waals surface area contributed by atoms with Crippen LogP contribution in [0.1, 0.15) is 200 Å². The minimum Gasteiger partial charge on any atom is -0.0885 e. The molecule has 33 heavy (non-hydrogen) atoms. The number of hydrogen-bond acceptors (Lipinski definition) is 0. The van der Waals surface area contributed by atoms with Gasteiger partial charge in [-0.25, -0.2) is 0 Å². The highest BCUT2D eigenvalue weighted by Crippen LogP contribution is 2.15. The fraction of sp³-hybridized carbons (Fsp3) is 0.939. The molecule has 0 N–H and O–H groups in total. The summed E-state index contributed by atoms with van der Waals surface area (Å²) in [5.41, 5.74) is 0. The Kier molecular flexibility index (Phi) is 31.5. The Morgan fingerprint density at radius 3 is 0.636 bits per heavy atom. The van der Waals surface area contributed by atoms with Crippen LogP contribution in [-0.4, -0.2) is 0 Å². The summed E-state index contributed by atoms with van der Waals surface area (Å²) in [6.45, 7) is 4.61. The van der Waals surface area contributed by atoms with E-state index in [1.54, 1.807) is 0 Å². The molecule has 0 heteroatoms. The quantitative estimate of drug-likeness (QED) is 0.0765. The molecular weight excluding hydrogens is 396 g/mol. The zero-order valence-electron chi connectivity index (χ0n) is 23.7. The minimum atomic E-state index is 1.31. The second kappa shape index (κ2) is 31.7. The van der Waals surface area contributed by atoms with E-state index in [4.69, 9.17) is 0 Å². The molecule has 0 aromatic carbocycles. The zero-order chi connectivity index (χ0) is 23.9. The lowest BCUT2D eigenvalue weighted by molar-refractivity contribution is 0.527. The molecule has 0 saturated carbocycles. The Labute approximate surface area is 212 Å². The fourth-order valence-electron chi connectivity index (χ4n) is 4.97. The SMILES string of the molecule is CCCCCCCCCCCCC=CCCCCCCCCCCCCCCCCCCC. The summed E-state index contributed by atoms with van der Waals surface area (Å²) >= 11 is 0. The average molecular weight is 463 g/mol. The molecule has 0 unspecified atom stereocenters. The highest BCUT2D eigenvalue weighted by molar-refractivity contribution is 4.81. The monoisotopic (exact) mass is 463 g/mol. The van der Waals surface area contributed by atoms with Crippen LogP contribution in [0.3, 0.4) is 0 Å². The van der Waals surface area contributed by atoms with Gasteiger partial charge in [0.05, 0.1) is 0 Å². The molecule has 0 heterocycles. The summed E-state index contributed by atoms with van der Waals surface area (Å²) < 4.78 is 0. The van der Waals surface area contributed by atoms with Gasteiger partial charge in [-0.15, -0.1) is 0 Å². The van der Waals surface area contributed by atoms with Gasteiger partial charge in [0.15, 0.2) is 0 Å². The molecule has 0 aliphatic rings.